The minimum Gasteiger partial charge on any atom is -0.512 e. The van der Waals surface area contributed by atoms with Gasteiger partial charge in [0.1, 0.15) is 12.5 Å². The average molecular weight is 182 g/mol. The third kappa shape index (κ3) is 4.85. The average Bonchev–Trinajstić information content (AvgIpc) is 2.16. The van der Waals surface area contributed by atoms with Gasteiger partial charge in [0, 0.05) is 5.57 Å². The Balaban J connectivity index is 4.54. The van der Waals surface area contributed by atoms with Crippen LogP contribution in [0.4, 0.5) is 0 Å². The molecule has 0 aliphatic rings. The molecule has 0 heterocycles. The molecule has 0 radical (unpaired) electrons. The number of aldehydes is 1. The molecule has 0 aliphatic heterocycles. The molecule has 0 fully saturated rings. The van der Waals surface area contributed by atoms with E-state index in [9.17, 15) is 4.79 Å². The summed E-state index contributed by atoms with van der Waals surface area (Å²) in [4.78, 5) is 10.5. The minimum atomic E-state index is 0.280. The van der Waals surface area contributed by atoms with E-state index in [1.54, 1.807) is 26.0 Å². The zero-order valence-electron chi connectivity index (χ0n) is 7.86. The highest BCUT2D eigenvalue weighted by Crippen LogP contribution is 2.03. The largest absolute Gasteiger partial charge is 0.512 e. The van der Waals surface area contributed by atoms with Crippen molar-refractivity contribution in [3.8, 4) is 0 Å². The van der Waals surface area contributed by atoms with E-state index in [-0.39, 0.29) is 5.76 Å². The highest BCUT2D eigenvalue weighted by molar-refractivity contribution is 5.78. The van der Waals surface area contributed by atoms with Gasteiger partial charge in [-0.05, 0) is 19.9 Å². The Kier molecular flexibility index (Phi) is 6.32. The van der Waals surface area contributed by atoms with E-state index in [1.165, 1.54) is 6.08 Å². The van der Waals surface area contributed by atoms with Gasteiger partial charge >= 0.3 is 0 Å². The number of hydrogen-bond donors (Lipinski definition) is 1. The van der Waals surface area contributed by atoms with Gasteiger partial charge in [-0.1, -0.05) is 12.2 Å². The van der Waals surface area contributed by atoms with Crippen molar-refractivity contribution in [2.24, 2.45) is 0 Å². The first kappa shape index (κ1) is 11.5. The van der Waals surface area contributed by atoms with Crippen molar-refractivity contribution in [2.45, 2.75) is 13.8 Å². The topological polar surface area (TPSA) is 46.5 Å². The second-order valence-electron chi connectivity index (χ2n) is 2.23. The number of allylic oxidation sites excluding steroid dienone is 4. The van der Waals surface area contributed by atoms with E-state index in [0.717, 1.165) is 6.26 Å². The summed E-state index contributed by atoms with van der Waals surface area (Å²) in [6.07, 6.45) is 6.37. The number of ether oxygens (including phenoxy) is 1. The summed E-state index contributed by atoms with van der Waals surface area (Å²) in [5.41, 5.74) is 0.455. The number of carbonyl (C=O) groups is 1. The smallest absolute Gasteiger partial charge is 0.154 e. The maximum Gasteiger partial charge on any atom is 0.154 e. The summed E-state index contributed by atoms with van der Waals surface area (Å²) in [6.45, 7) is 4.05. The van der Waals surface area contributed by atoms with Crippen LogP contribution in [-0.2, 0) is 9.53 Å². The van der Waals surface area contributed by atoms with Gasteiger partial charge in [0.2, 0.25) is 0 Å². The molecule has 72 valence electrons. The van der Waals surface area contributed by atoms with E-state index in [4.69, 9.17) is 9.84 Å². The summed E-state index contributed by atoms with van der Waals surface area (Å²) in [7, 11) is 0. The normalized spacial score (nSPS) is 13.4. The predicted octanol–water partition coefficient (Wildman–Crippen LogP) is 2.12. The molecule has 0 spiro atoms. The minimum absolute atomic E-state index is 0.280. The Morgan fingerprint density at radius 2 is 2.23 bits per heavy atom. The SMILES string of the molecule is C\C=C/C(C=O)=C\C(=C\O)OCC. The zero-order valence-corrected chi connectivity index (χ0v) is 7.86. The molecule has 0 atom stereocenters. The zero-order chi connectivity index (χ0) is 10.1. The molecule has 0 aromatic rings. The van der Waals surface area contributed by atoms with Crippen LogP contribution in [0, 0.1) is 0 Å². The lowest BCUT2D eigenvalue weighted by Gasteiger charge is -2.01. The van der Waals surface area contributed by atoms with E-state index in [0.29, 0.717) is 18.5 Å². The van der Waals surface area contributed by atoms with E-state index < -0.39 is 0 Å². The Bertz CT molecular complexity index is 237. The molecule has 1 N–H and O–H groups in total. The molecule has 0 unspecified atom stereocenters. The van der Waals surface area contributed by atoms with Gasteiger partial charge in [0.15, 0.2) is 5.76 Å². The lowest BCUT2D eigenvalue weighted by molar-refractivity contribution is -0.104. The molecular formula is C10H14O3. The molecule has 13 heavy (non-hydrogen) atoms. The first-order chi connectivity index (χ1) is 6.28. The summed E-state index contributed by atoms with van der Waals surface area (Å²) < 4.78 is 5.01. The Hall–Kier alpha value is -1.51. The van der Waals surface area contributed by atoms with Gasteiger partial charge in [-0.2, -0.15) is 0 Å². The lowest BCUT2D eigenvalue weighted by Crippen LogP contribution is -1.90. The number of aliphatic hydroxyl groups excluding tert-OH is 1. The van der Waals surface area contributed by atoms with Gasteiger partial charge in [-0.3, -0.25) is 4.79 Å². The molecule has 0 aromatic heterocycles. The van der Waals surface area contributed by atoms with Gasteiger partial charge in [-0.25, -0.2) is 0 Å². The maximum atomic E-state index is 10.5. The van der Waals surface area contributed by atoms with Crippen LogP contribution in [0.5, 0.6) is 0 Å². The lowest BCUT2D eigenvalue weighted by atomic mass is 10.2. The second kappa shape index (κ2) is 7.16. The van der Waals surface area contributed by atoms with Crippen LogP contribution in [0.1, 0.15) is 13.8 Å². The van der Waals surface area contributed by atoms with Crippen molar-refractivity contribution in [1.82, 2.24) is 0 Å². The number of hydrogen-bond acceptors (Lipinski definition) is 3. The summed E-state index contributed by atoms with van der Waals surface area (Å²) in [6, 6.07) is 0. The fourth-order valence-electron chi connectivity index (χ4n) is 0.761. The standard InChI is InChI=1S/C10H14O3/c1-3-5-9(7-11)6-10(8-12)13-4-2/h3,5-8,12H,4H2,1-2H3/b5-3-,9-6+,10-8-. The van der Waals surface area contributed by atoms with Crippen LogP contribution < -0.4 is 0 Å². The van der Waals surface area contributed by atoms with Crippen LogP contribution >= 0.6 is 0 Å². The molecule has 3 heteroatoms. The van der Waals surface area contributed by atoms with Gasteiger partial charge < -0.3 is 9.84 Å². The number of aliphatic hydroxyl groups is 1. The third-order valence-electron chi connectivity index (χ3n) is 1.24. The molecule has 0 aliphatic carbocycles. The summed E-state index contributed by atoms with van der Waals surface area (Å²) in [5.74, 6) is 0.280. The van der Waals surface area contributed by atoms with Crippen molar-refractivity contribution in [2.75, 3.05) is 6.61 Å². The summed E-state index contributed by atoms with van der Waals surface area (Å²) in [5, 5.41) is 8.70. The van der Waals surface area contributed by atoms with Crippen molar-refractivity contribution in [1.29, 1.82) is 0 Å². The van der Waals surface area contributed by atoms with E-state index >= 15 is 0 Å². The fraction of sp³-hybridized carbons (Fsp3) is 0.300. The molecule has 0 amide bonds. The monoisotopic (exact) mass is 182 g/mol. The van der Waals surface area contributed by atoms with Gasteiger partial charge in [0.25, 0.3) is 0 Å². The van der Waals surface area contributed by atoms with E-state index in [1.807, 2.05) is 0 Å². The van der Waals surface area contributed by atoms with Crippen molar-refractivity contribution < 1.29 is 14.6 Å². The number of rotatable bonds is 5. The molecule has 0 rings (SSSR count). The molecule has 0 saturated heterocycles. The molecule has 0 saturated carbocycles. The van der Waals surface area contributed by atoms with Gasteiger partial charge in [-0.15, -0.1) is 0 Å². The number of carbonyl (C=O) groups excluding carboxylic acids is 1. The quantitative estimate of drug-likeness (QED) is 0.306. The van der Waals surface area contributed by atoms with Gasteiger partial charge in [0.05, 0.1) is 6.61 Å². The van der Waals surface area contributed by atoms with Crippen LogP contribution in [0.2, 0.25) is 0 Å². The Labute approximate surface area is 78.0 Å². The van der Waals surface area contributed by atoms with Crippen LogP contribution in [0.3, 0.4) is 0 Å². The van der Waals surface area contributed by atoms with Crippen molar-refractivity contribution in [3.05, 3.63) is 35.8 Å². The first-order valence-corrected chi connectivity index (χ1v) is 4.05. The first-order valence-electron chi connectivity index (χ1n) is 4.05. The van der Waals surface area contributed by atoms with Crippen molar-refractivity contribution in [3.63, 3.8) is 0 Å². The molecule has 0 aromatic carbocycles. The highest BCUT2D eigenvalue weighted by atomic mass is 16.5. The van der Waals surface area contributed by atoms with E-state index in [2.05, 4.69) is 0 Å². The van der Waals surface area contributed by atoms with Crippen LogP contribution in [0.25, 0.3) is 0 Å². The third-order valence-corrected chi connectivity index (χ3v) is 1.24. The molecular weight excluding hydrogens is 168 g/mol. The highest BCUT2D eigenvalue weighted by Gasteiger charge is 1.94. The summed E-state index contributed by atoms with van der Waals surface area (Å²) >= 11 is 0. The Morgan fingerprint density at radius 3 is 2.62 bits per heavy atom. The van der Waals surface area contributed by atoms with Crippen LogP contribution in [-0.4, -0.2) is 18.0 Å². The molecule has 0 bridgehead atoms. The Morgan fingerprint density at radius 1 is 1.54 bits per heavy atom. The van der Waals surface area contributed by atoms with Crippen LogP contribution in [0.15, 0.2) is 35.8 Å². The maximum absolute atomic E-state index is 10.5. The predicted molar refractivity (Wildman–Crippen MR) is 51.3 cm³/mol. The van der Waals surface area contributed by atoms with Crippen molar-refractivity contribution >= 4 is 6.29 Å². The fourth-order valence-corrected chi connectivity index (χ4v) is 0.761. The molecule has 3 nitrogen and oxygen atoms in total. The second-order valence-corrected chi connectivity index (χ2v) is 2.23.